The molecule has 0 aromatic rings. The molecule has 16 heteroatoms. The van der Waals surface area contributed by atoms with Crippen LogP contribution < -0.4 is 0 Å². The molecule has 2 aliphatic heterocycles. The maximum atomic E-state index is 14.7. The number of ether oxygens (including phenoxy) is 5. The number of carbonyl (C=O) groups excluding carboxylic acids is 2. The van der Waals surface area contributed by atoms with Gasteiger partial charge in [0.15, 0.2) is 6.29 Å². The van der Waals surface area contributed by atoms with Gasteiger partial charge in [0.1, 0.15) is 48.8 Å². The molecule has 2 saturated heterocycles. The summed E-state index contributed by atoms with van der Waals surface area (Å²) in [5, 5.41) is 94.1. The van der Waals surface area contributed by atoms with Crippen molar-refractivity contribution in [2.45, 2.75) is 166 Å². The van der Waals surface area contributed by atoms with Crippen molar-refractivity contribution in [3.05, 3.63) is 11.6 Å². The summed E-state index contributed by atoms with van der Waals surface area (Å²) >= 11 is 0. The molecule has 0 amide bonds. The zero-order valence-electron chi connectivity index (χ0n) is 35.2. The molecule has 9 N–H and O–H groups in total. The first kappa shape index (κ1) is 45.2. The third-order valence-corrected chi connectivity index (χ3v) is 17.8. The predicted octanol–water partition coefficient (Wildman–Crippen LogP) is 0.442. The van der Waals surface area contributed by atoms with E-state index in [0.717, 1.165) is 24.8 Å². The summed E-state index contributed by atoms with van der Waals surface area (Å²) in [4.78, 5) is 28.1. The summed E-state index contributed by atoms with van der Waals surface area (Å²) < 4.78 is 29.0. The quantitative estimate of drug-likeness (QED) is 0.0913. The zero-order valence-corrected chi connectivity index (χ0v) is 35.2. The minimum absolute atomic E-state index is 0.0197. The Bertz CT molecular complexity index is 1620. The molecule has 0 aromatic carbocycles. The highest BCUT2D eigenvalue weighted by atomic mass is 16.7. The fourth-order valence-electron chi connectivity index (χ4n) is 13.8. The largest absolute Gasteiger partial charge is 0.469 e. The molecule has 7 rings (SSSR count). The third-order valence-electron chi connectivity index (χ3n) is 17.8. The Labute approximate surface area is 345 Å². The van der Waals surface area contributed by atoms with Gasteiger partial charge in [0.25, 0.3) is 0 Å². The third kappa shape index (κ3) is 6.60. The van der Waals surface area contributed by atoms with Crippen molar-refractivity contribution in [2.24, 2.45) is 50.2 Å². The van der Waals surface area contributed by atoms with Crippen molar-refractivity contribution in [3.63, 3.8) is 0 Å². The van der Waals surface area contributed by atoms with Crippen molar-refractivity contribution in [3.8, 4) is 0 Å². The van der Waals surface area contributed by atoms with Gasteiger partial charge < -0.3 is 69.6 Å². The standard InChI is InChI=1S/C43H68O16/c1-38(36(53)55-6)13-15-43(37(54)59-35-33(52)31(50)29(48)24(19-45)57-35)16-14-41(4)21(22(43)17-38)7-8-26-39(2)11-10-27(40(3,20-46)25(39)9-12-42(26,41)5)58-34-32(51)30(49)28(47)23(18-44)56-34/h7,22-35,44-52H,8-20H2,1-6H3/t22-,23+,24+,25+,26+,27-,28+,29+,30-,31-,32+,33+,34-,35-,38-,39-,40-,41+,42+,43-/m0/s1. The fraction of sp³-hybridized carbons (Fsp3) is 0.907. The average molecular weight is 841 g/mol. The first-order valence-electron chi connectivity index (χ1n) is 21.5. The Balaban J connectivity index is 1.20. The van der Waals surface area contributed by atoms with Gasteiger partial charge >= 0.3 is 11.9 Å². The van der Waals surface area contributed by atoms with E-state index in [1.54, 1.807) is 0 Å². The monoisotopic (exact) mass is 840 g/mol. The van der Waals surface area contributed by atoms with Gasteiger partial charge in [-0.15, -0.1) is 0 Å². The lowest BCUT2D eigenvalue weighted by Crippen LogP contribution is -2.67. The van der Waals surface area contributed by atoms with Crippen LogP contribution in [0.5, 0.6) is 0 Å². The number of allylic oxidation sites excluding steroid dienone is 2. The summed E-state index contributed by atoms with van der Waals surface area (Å²) in [6.07, 6.45) is -7.86. The van der Waals surface area contributed by atoms with Crippen LogP contribution in [0, 0.1) is 50.2 Å². The van der Waals surface area contributed by atoms with E-state index in [4.69, 9.17) is 23.7 Å². The molecule has 0 radical (unpaired) electrons. The minimum Gasteiger partial charge on any atom is -0.469 e. The summed E-state index contributed by atoms with van der Waals surface area (Å²) in [5.74, 6) is -1.30. The molecule has 59 heavy (non-hydrogen) atoms. The molecule has 2 heterocycles. The van der Waals surface area contributed by atoms with Crippen LogP contribution in [0.25, 0.3) is 0 Å². The Kier molecular flexibility index (Phi) is 12.1. The molecule has 7 aliphatic rings. The van der Waals surface area contributed by atoms with Crippen molar-refractivity contribution >= 4 is 11.9 Å². The van der Waals surface area contributed by atoms with Crippen LogP contribution in [0.2, 0.25) is 0 Å². The molecule has 5 aliphatic carbocycles. The fourth-order valence-corrected chi connectivity index (χ4v) is 13.8. The molecular weight excluding hydrogens is 772 g/mol. The molecule has 0 aromatic heterocycles. The van der Waals surface area contributed by atoms with Gasteiger partial charge in [0.05, 0.1) is 43.9 Å². The lowest BCUT2D eigenvalue weighted by molar-refractivity contribution is -0.333. The molecule has 0 unspecified atom stereocenters. The van der Waals surface area contributed by atoms with E-state index in [0.29, 0.717) is 44.9 Å². The van der Waals surface area contributed by atoms with Gasteiger partial charge in [-0.05, 0) is 105 Å². The van der Waals surface area contributed by atoms with Crippen LogP contribution >= 0.6 is 0 Å². The van der Waals surface area contributed by atoms with Crippen molar-refractivity contribution in [1.82, 2.24) is 0 Å². The van der Waals surface area contributed by atoms with Crippen LogP contribution in [0.3, 0.4) is 0 Å². The van der Waals surface area contributed by atoms with Crippen LogP contribution in [-0.4, -0.2) is 152 Å². The van der Waals surface area contributed by atoms with E-state index in [9.17, 15) is 55.5 Å². The van der Waals surface area contributed by atoms with Gasteiger partial charge in [-0.2, -0.15) is 0 Å². The number of carbonyl (C=O) groups is 2. The predicted molar refractivity (Wildman–Crippen MR) is 205 cm³/mol. The molecule has 0 spiro atoms. The topological polar surface area (TPSA) is 262 Å². The van der Waals surface area contributed by atoms with Crippen LogP contribution in [0.4, 0.5) is 0 Å². The SMILES string of the molecule is COC(=O)[C@@]1(C)CC[C@]2(C(=O)O[C@@H]3O[C@H](CO)[C@@H](O)[C@H](O)[C@H]3O)CC[C@]3(C)C(=CC[C@@H]4[C@@]5(C)CC[C@H](O[C@@H]6O[C@H](CO)[C@@H](O)[C@H](O)[C@H]6O)[C@@](C)(CO)[C@@H]5CC[C@]43C)[C@@H]2C1. The normalized spacial score (nSPS) is 53.4. The van der Waals surface area contributed by atoms with Crippen molar-refractivity contribution in [2.75, 3.05) is 26.9 Å². The molecular formula is C43H68O16. The summed E-state index contributed by atoms with van der Waals surface area (Å²) in [6, 6.07) is 0. The molecule has 4 saturated carbocycles. The second-order valence-corrected chi connectivity index (χ2v) is 20.4. The molecule has 6 fully saturated rings. The van der Waals surface area contributed by atoms with Gasteiger partial charge in [-0.1, -0.05) is 39.3 Å². The van der Waals surface area contributed by atoms with E-state index in [2.05, 4.69) is 26.8 Å². The maximum absolute atomic E-state index is 14.7. The van der Waals surface area contributed by atoms with E-state index in [-0.39, 0.29) is 35.2 Å². The zero-order chi connectivity index (χ0) is 43.2. The number of hydrogen-bond acceptors (Lipinski definition) is 16. The number of esters is 2. The van der Waals surface area contributed by atoms with Crippen molar-refractivity contribution in [1.29, 1.82) is 0 Å². The Morgan fingerprint density at radius 3 is 1.90 bits per heavy atom. The highest BCUT2D eigenvalue weighted by Crippen LogP contribution is 2.76. The second kappa shape index (κ2) is 15.8. The van der Waals surface area contributed by atoms with Crippen LogP contribution in [0.15, 0.2) is 11.6 Å². The summed E-state index contributed by atoms with van der Waals surface area (Å²) in [7, 11) is 1.36. The molecule has 0 bridgehead atoms. The number of methoxy groups -OCH3 is 1. The number of aliphatic hydroxyl groups excluding tert-OH is 9. The van der Waals surface area contributed by atoms with Gasteiger partial charge in [0, 0.05) is 5.41 Å². The van der Waals surface area contributed by atoms with Crippen LogP contribution in [-0.2, 0) is 33.3 Å². The van der Waals surface area contributed by atoms with Crippen LogP contribution in [0.1, 0.15) is 98.8 Å². The Hall–Kier alpha value is -1.80. The number of rotatable bonds is 8. The maximum Gasteiger partial charge on any atom is 0.315 e. The summed E-state index contributed by atoms with van der Waals surface area (Å²) in [5.41, 5.74) is -2.67. The summed E-state index contributed by atoms with van der Waals surface area (Å²) in [6.45, 7) is 9.36. The highest BCUT2D eigenvalue weighted by molar-refractivity contribution is 5.81. The van der Waals surface area contributed by atoms with E-state index >= 15 is 0 Å². The van der Waals surface area contributed by atoms with Crippen molar-refractivity contribution < 1.29 is 79.2 Å². The van der Waals surface area contributed by atoms with E-state index in [1.165, 1.54) is 7.11 Å². The lowest BCUT2D eigenvalue weighted by Gasteiger charge is -2.71. The van der Waals surface area contributed by atoms with E-state index < -0.39 is 114 Å². The minimum atomic E-state index is -1.75. The molecule has 16 nitrogen and oxygen atoms in total. The first-order chi connectivity index (χ1) is 27.7. The number of aliphatic hydroxyl groups is 9. The van der Waals surface area contributed by atoms with E-state index in [1.807, 2.05) is 13.8 Å². The smallest absolute Gasteiger partial charge is 0.315 e. The second-order valence-electron chi connectivity index (χ2n) is 20.4. The molecule has 336 valence electrons. The Morgan fingerprint density at radius 2 is 1.31 bits per heavy atom. The molecule has 20 atom stereocenters. The number of fused-ring (bicyclic) bond motifs is 7. The Morgan fingerprint density at radius 1 is 0.712 bits per heavy atom. The van der Waals surface area contributed by atoms with Gasteiger partial charge in [-0.3, -0.25) is 9.59 Å². The average Bonchev–Trinajstić information content (AvgIpc) is 3.21. The lowest BCUT2D eigenvalue weighted by atomic mass is 9.33. The van der Waals surface area contributed by atoms with Gasteiger partial charge in [0.2, 0.25) is 6.29 Å². The van der Waals surface area contributed by atoms with Gasteiger partial charge in [-0.25, -0.2) is 0 Å². The number of hydrogen-bond donors (Lipinski definition) is 9. The first-order valence-corrected chi connectivity index (χ1v) is 21.5. The highest BCUT2D eigenvalue weighted by Gasteiger charge is 2.71.